The topological polar surface area (TPSA) is 9.23 Å². The fraction of sp³-hybridized carbons (Fsp3) is 1.00. The fourth-order valence-corrected chi connectivity index (χ4v) is 2.32. The molecule has 0 heterocycles. The molecule has 78 valence electrons. The lowest BCUT2D eigenvalue weighted by atomic mass is 9.71. The van der Waals surface area contributed by atoms with Gasteiger partial charge in [-0.3, -0.25) is 0 Å². The Morgan fingerprint density at radius 1 is 1.23 bits per heavy atom. The summed E-state index contributed by atoms with van der Waals surface area (Å²) in [6.45, 7) is 10.0. The minimum Gasteiger partial charge on any atom is -0.378 e. The molecule has 1 saturated carbocycles. The summed E-state index contributed by atoms with van der Waals surface area (Å²) in [5, 5.41) is 0. The van der Waals surface area contributed by atoms with Gasteiger partial charge < -0.3 is 4.74 Å². The monoisotopic (exact) mass is 184 g/mol. The van der Waals surface area contributed by atoms with Crippen molar-refractivity contribution in [1.29, 1.82) is 0 Å². The van der Waals surface area contributed by atoms with Crippen LogP contribution in [0.25, 0.3) is 0 Å². The van der Waals surface area contributed by atoms with E-state index in [0.29, 0.717) is 11.5 Å². The second-order valence-electron chi connectivity index (χ2n) is 5.31. The molecule has 1 nitrogen and oxygen atoms in total. The van der Waals surface area contributed by atoms with E-state index in [-0.39, 0.29) is 0 Å². The molecular weight excluding hydrogens is 160 g/mol. The molecule has 1 rings (SSSR count). The Kier molecular flexibility index (Phi) is 3.78. The lowest BCUT2D eigenvalue weighted by Gasteiger charge is -2.37. The average molecular weight is 184 g/mol. The lowest BCUT2D eigenvalue weighted by Crippen LogP contribution is -2.30. The van der Waals surface area contributed by atoms with Crippen LogP contribution in [0.5, 0.6) is 0 Å². The zero-order chi connectivity index (χ0) is 9.90. The summed E-state index contributed by atoms with van der Waals surface area (Å²) in [6, 6.07) is 0. The van der Waals surface area contributed by atoms with Gasteiger partial charge in [0, 0.05) is 6.61 Å². The quantitative estimate of drug-likeness (QED) is 0.637. The Morgan fingerprint density at radius 3 is 2.46 bits per heavy atom. The van der Waals surface area contributed by atoms with Crippen LogP contribution < -0.4 is 0 Å². The molecule has 0 aromatic heterocycles. The van der Waals surface area contributed by atoms with Crippen molar-refractivity contribution in [3.05, 3.63) is 0 Å². The molecule has 13 heavy (non-hydrogen) atoms. The second-order valence-corrected chi connectivity index (χ2v) is 5.31. The summed E-state index contributed by atoms with van der Waals surface area (Å²) < 4.78 is 5.71. The van der Waals surface area contributed by atoms with Crippen LogP contribution in [0.1, 0.15) is 53.4 Å². The van der Waals surface area contributed by atoms with E-state index in [1.807, 2.05) is 0 Å². The Labute approximate surface area is 82.9 Å². The normalized spacial score (nSPS) is 30.5. The van der Waals surface area contributed by atoms with E-state index in [1.165, 1.54) is 25.7 Å². The molecule has 0 N–H and O–H groups in total. The van der Waals surface area contributed by atoms with Gasteiger partial charge in [-0.1, -0.05) is 27.2 Å². The third-order valence-corrected chi connectivity index (χ3v) is 3.25. The highest BCUT2D eigenvalue weighted by Crippen LogP contribution is 2.38. The van der Waals surface area contributed by atoms with Gasteiger partial charge in [-0.25, -0.2) is 0 Å². The number of hydrogen-bond donors (Lipinski definition) is 0. The van der Waals surface area contributed by atoms with Crippen molar-refractivity contribution in [1.82, 2.24) is 0 Å². The first-order chi connectivity index (χ1) is 6.04. The Balaban J connectivity index is 2.42. The third kappa shape index (κ3) is 3.30. The first-order valence-corrected chi connectivity index (χ1v) is 5.65. The van der Waals surface area contributed by atoms with Gasteiger partial charge in [-0.15, -0.1) is 0 Å². The van der Waals surface area contributed by atoms with E-state index in [1.54, 1.807) is 0 Å². The third-order valence-electron chi connectivity index (χ3n) is 3.25. The fourth-order valence-electron chi connectivity index (χ4n) is 2.32. The maximum absolute atomic E-state index is 5.71. The van der Waals surface area contributed by atoms with Crippen molar-refractivity contribution < 1.29 is 4.74 Å². The van der Waals surface area contributed by atoms with Crippen LogP contribution in [0, 0.1) is 11.3 Å². The van der Waals surface area contributed by atoms with E-state index >= 15 is 0 Å². The van der Waals surface area contributed by atoms with Crippen molar-refractivity contribution >= 4 is 0 Å². The zero-order valence-electron chi connectivity index (χ0n) is 9.60. The van der Waals surface area contributed by atoms with Crippen molar-refractivity contribution in [2.75, 3.05) is 6.61 Å². The standard InChI is InChI=1S/C12H24O/c1-5-13-11-8-6-7-10(9-11)12(2,3)4/h10-11H,5-9H2,1-4H3. The molecule has 1 aliphatic rings. The molecule has 0 amide bonds. The first kappa shape index (κ1) is 11.0. The van der Waals surface area contributed by atoms with Gasteiger partial charge in [0.2, 0.25) is 0 Å². The molecule has 1 heteroatoms. The van der Waals surface area contributed by atoms with Crippen molar-refractivity contribution in [2.24, 2.45) is 11.3 Å². The SMILES string of the molecule is CCOC1CCCC(C(C)(C)C)C1. The molecule has 0 spiro atoms. The van der Waals surface area contributed by atoms with Gasteiger partial charge in [-0.2, -0.15) is 0 Å². The van der Waals surface area contributed by atoms with E-state index in [2.05, 4.69) is 27.7 Å². The van der Waals surface area contributed by atoms with E-state index in [4.69, 9.17) is 4.74 Å². The number of rotatable bonds is 2. The summed E-state index contributed by atoms with van der Waals surface area (Å²) in [5.41, 5.74) is 0.468. The highest BCUT2D eigenvalue weighted by molar-refractivity contribution is 4.81. The van der Waals surface area contributed by atoms with Crippen LogP contribution in [-0.4, -0.2) is 12.7 Å². The van der Waals surface area contributed by atoms with Crippen molar-refractivity contribution in [2.45, 2.75) is 59.5 Å². The van der Waals surface area contributed by atoms with Gasteiger partial charge in [0.25, 0.3) is 0 Å². The molecule has 1 fully saturated rings. The molecule has 0 saturated heterocycles. The van der Waals surface area contributed by atoms with Crippen LogP contribution in [0.4, 0.5) is 0 Å². The molecule has 2 atom stereocenters. The Hall–Kier alpha value is -0.0400. The van der Waals surface area contributed by atoms with Gasteiger partial charge >= 0.3 is 0 Å². The van der Waals surface area contributed by atoms with Crippen LogP contribution in [0.15, 0.2) is 0 Å². The van der Waals surface area contributed by atoms with Crippen LogP contribution in [-0.2, 0) is 4.74 Å². The lowest BCUT2D eigenvalue weighted by molar-refractivity contribution is -0.000646. The smallest absolute Gasteiger partial charge is 0.0577 e. The summed E-state index contributed by atoms with van der Waals surface area (Å²) in [5.74, 6) is 0.859. The summed E-state index contributed by atoms with van der Waals surface area (Å²) in [4.78, 5) is 0. The van der Waals surface area contributed by atoms with Crippen molar-refractivity contribution in [3.8, 4) is 0 Å². The maximum Gasteiger partial charge on any atom is 0.0577 e. The van der Waals surface area contributed by atoms with Gasteiger partial charge in [0.15, 0.2) is 0 Å². The molecule has 0 aliphatic heterocycles. The van der Waals surface area contributed by atoms with E-state index in [9.17, 15) is 0 Å². The van der Waals surface area contributed by atoms with Crippen LogP contribution in [0.3, 0.4) is 0 Å². The van der Waals surface area contributed by atoms with Crippen LogP contribution >= 0.6 is 0 Å². The predicted octanol–water partition coefficient (Wildman–Crippen LogP) is 3.63. The second kappa shape index (κ2) is 4.45. The molecule has 0 radical (unpaired) electrons. The van der Waals surface area contributed by atoms with E-state index < -0.39 is 0 Å². The Bertz CT molecular complexity index is 144. The number of hydrogen-bond acceptors (Lipinski definition) is 1. The first-order valence-electron chi connectivity index (χ1n) is 5.65. The summed E-state index contributed by atoms with van der Waals surface area (Å²) in [6.07, 6.45) is 5.85. The number of ether oxygens (including phenoxy) is 1. The molecule has 0 aromatic carbocycles. The minimum atomic E-state index is 0.468. The molecular formula is C12H24O. The molecule has 1 aliphatic carbocycles. The maximum atomic E-state index is 5.71. The Morgan fingerprint density at radius 2 is 1.92 bits per heavy atom. The van der Waals surface area contributed by atoms with Crippen LogP contribution in [0.2, 0.25) is 0 Å². The van der Waals surface area contributed by atoms with Gasteiger partial charge in [0.1, 0.15) is 0 Å². The molecule has 0 aromatic rings. The van der Waals surface area contributed by atoms with Gasteiger partial charge in [-0.05, 0) is 37.5 Å². The molecule has 0 bridgehead atoms. The highest BCUT2D eigenvalue weighted by atomic mass is 16.5. The molecule has 2 unspecified atom stereocenters. The minimum absolute atomic E-state index is 0.468. The summed E-state index contributed by atoms with van der Waals surface area (Å²) >= 11 is 0. The summed E-state index contributed by atoms with van der Waals surface area (Å²) in [7, 11) is 0. The van der Waals surface area contributed by atoms with Gasteiger partial charge in [0.05, 0.1) is 6.10 Å². The highest BCUT2D eigenvalue weighted by Gasteiger charge is 2.30. The zero-order valence-corrected chi connectivity index (χ0v) is 9.60. The predicted molar refractivity (Wildman–Crippen MR) is 56.8 cm³/mol. The van der Waals surface area contributed by atoms with Crippen molar-refractivity contribution in [3.63, 3.8) is 0 Å². The largest absolute Gasteiger partial charge is 0.378 e. The van der Waals surface area contributed by atoms with E-state index in [0.717, 1.165) is 12.5 Å². The average Bonchev–Trinajstić information content (AvgIpc) is 2.04.